The van der Waals surface area contributed by atoms with Crippen molar-refractivity contribution < 1.29 is 14.3 Å². The molecule has 0 radical (unpaired) electrons. The number of halogens is 1. The molecule has 0 aliphatic carbocycles. The van der Waals surface area contributed by atoms with E-state index in [9.17, 15) is 9.59 Å². The van der Waals surface area contributed by atoms with Crippen LogP contribution in [0.2, 0.25) is 5.02 Å². The summed E-state index contributed by atoms with van der Waals surface area (Å²) in [7, 11) is 0. The van der Waals surface area contributed by atoms with E-state index in [0.717, 1.165) is 0 Å². The molecule has 0 fully saturated rings. The second-order valence-corrected chi connectivity index (χ2v) is 6.49. The molecule has 0 aliphatic rings. The van der Waals surface area contributed by atoms with Gasteiger partial charge in [0, 0.05) is 11.6 Å². The quantitative estimate of drug-likeness (QED) is 0.466. The minimum absolute atomic E-state index is 0.0954. The number of hydrogen-bond donors (Lipinski definition) is 0. The number of aryl methyl sites for hydroxylation is 1. The molecule has 25 heavy (non-hydrogen) atoms. The van der Waals surface area contributed by atoms with Crippen molar-refractivity contribution in [2.75, 3.05) is 13.2 Å². The average Bonchev–Trinajstić information content (AvgIpc) is 3.09. The molecule has 0 aliphatic heterocycles. The van der Waals surface area contributed by atoms with Gasteiger partial charge in [-0.3, -0.25) is 14.2 Å². The summed E-state index contributed by atoms with van der Waals surface area (Å²) in [6.45, 7) is 0.614. The third kappa shape index (κ3) is 4.58. The number of ether oxygens (including phenoxy) is 2. The smallest absolute Gasteiger partial charge is 0.307 e. The summed E-state index contributed by atoms with van der Waals surface area (Å²) in [5.74, 6) is 0.263. The normalized spacial score (nSPS) is 10.8. The maximum atomic E-state index is 12.2. The van der Waals surface area contributed by atoms with Crippen LogP contribution in [0, 0.1) is 0 Å². The van der Waals surface area contributed by atoms with Gasteiger partial charge in [0.2, 0.25) is 0 Å². The Hall–Kier alpha value is -2.38. The lowest BCUT2D eigenvalue weighted by molar-refractivity contribution is -0.144. The summed E-state index contributed by atoms with van der Waals surface area (Å²) in [5.41, 5.74) is -0.148. The monoisotopic (exact) mass is 378 g/mol. The van der Waals surface area contributed by atoms with Crippen molar-refractivity contribution in [1.82, 2.24) is 9.55 Å². The summed E-state index contributed by atoms with van der Waals surface area (Å²) < 4.78 is 11.9. The van der Waals surface area contributed by atoms with Gasteiger partial charge in [-0.1, -0.05) is 11.6 Å². The van der Waals surface area contributed by atoms with E-state index in [1.165, 1.54) is 22.2 Å². The summed E-state index contributed by atoms with van der Waals surface area (Å²) in [6.07, 6.45) is 1.55. The third-order valence-corrected chi connectivity index (χ3v) is 4.51. The van der Waals surface area contributed by atoms with Crippen molar-refractivity contribution in [2.45, 2.75) is 13.0 Å². The molecular weight excluding hydrogens is 364 g/mol. The predicted molar refractivity (Wildman–Crippen MR) is 96.4 cm³/mol. The zero-order valence-corrected chi connectivity index (χ0v) is 14.8. The Kier molecular flexibility index (Phi) is 5.67. The van der Waals surface area contributed by atoms with Gasteiger partial charge >= 0.3 is 5.97 Å². The molecule has 3 aromatic rings. The van der Waals surface area contributed by atoms with E-state index in [2.05, 4.69) is 4.98 Å². The summed E-state index contributed by atoms with van der Waals surface area (Å²) in [6, 6.07) is 8.66. The fraction of sp³-hybridized carbons (Fsp3) is 0.235. The van der Waals surface area contributed by atoms with Gasteiger partial charge in [0.25, 0.3) is 5.56 Å². The van der Waals surface area contributed by atoms with Crippen molar-refractivity contribution in [2.24, 2.45) is 0 Å². The highest BCUT2D eigenvalue weighted by molar-refractivity contribution is 7.16. The van der Waals surface area contributed by atoms with E-state index in [1.54, 1.807) is 30.3 Å². The number of carbonyl (C=O) groups is 1. The van der Waals surface area contributed by atoms with Gasteiger partial charge in [0.05, 0.1) is 18.1 Å². The highest BCUT2D eigenvalue weighted by Gasteiger charge is 2.08. The number of carbonyl (C=O) groups excluding carboxylic acids is 1. The molecule has 1 aromatic carbocycles. The number of aromatic nitrogens is 2. The fourth-order valence-electron chi connectivity index (χ4n) is 2.18. The summed E-state index contributed by atoms with van der Waals surface area (Å²) >= 11 is 7.19. The first kappa shape index (κ1) is 17.4. The minimum atomic E-state index is -0.392. The second-order valence-electron chi connectivity index (χ2n) is 5.16. The van der Waals surface area contributed by atoms with Gasteiger partial charge in [-0.25, -0.2) is 4.98 Å². The van der Waals surface area contributed by atoms with E-state index in [1.807, 2.05) is 5.38 Å². The maximum Gasteiger partial charge on any atom is 0.307 e. The fourth-order valence-corrected chi connectivity index (χ4v) is 3.03. The van der Waals surface area contributed by atoms with Gasteiger partial charge in [-0.05, 0) is 35.7 Å². The molecular formula is C17H15ClN2O4S. The lowest BCUT2D eigenvalue weighted by Crippen LogP contribution is -2.22. The minimum Gasteiger partial charge on any atom is -0.490 e. The second kappa shape index (κ2) is 8.13. The van der Waals surface area contributed by atoms with Gasteiger partial charge in [0.15, 0.2) is 0 Å². The van der Waals surface area contributed by atoms with Gasteiger partial charge in [-0.2, -0.15) is 0 Å². The van der Waals surface area contributed by atoms with Gasteiger partial charge < -0.3 is 9.47 Å². The van der Waals surface area contributed by atoms with Crippen LogP contribution in [0.1, 0.15) is 6.42 Å². The molecule has 0 saturated carbocycles. The summed E-state index contributed by atoms with van der Waals surface area (Å²) in [5, 5.41) is 3.01. The van der Waals surface area contributed by atoms with Crippen LogP contribution < -0.4 is 10.3 Å². The Balaban J connectivity index is 1.42. The van der Waals surface area contributed by atoms with Crippen LogP contribution in [0.3, 0.4) is 0 Å². The highest BCUT2D eigenvalue weighted by Crippen LogP contribution is 2.15. The number of rotatable bonds is 7. The SMILES string of the molecule is O=C(CCn1cnc2sccc2c1=O)OCCOc1ccc(Cl)cc1. The molecule has 0 atom stereocenters. The van der Waals surface area contributed by atoms with E-state index in [0.29, 0.717) is 21.0 Å². The lowest BCUT2D eigenvalue weighted by Gasteiger charge is -2.08. The zero-order valence-electron chi connectivity index (χ0n) is 13.2. The topological polar surface area (TPSA) is 70.4 Å². The van der Waals surface area contributed by atoms with E-state index in [4.69, 9.17) is 21.1 Å². The zero-order chi connectivity index (χ0) is 17.6. The van der Waals surface area contributed by atoms with Crippen LogP contribution in [0.15, 0.2) is 46.8 Å². The number of fused-ring (bicyclic) bond motifs is 1. The van der Waals surface area contributed by atoms with E-state index < -0.39 is 5.97 Å². The number of esters is 1. The third-order valence-electron chi connectivity index (χ3n) is 3.44. The Morgan fingerprint density at radius 1 is 1.20 bits per heavy atom. The molecule has 3 rings (SSSR count). The van der Waals surface area contributed by atoms with Crippen LogP contribution in [-0.4, -0.2) is 28.7 Å². The van der Waals surface area contributed by atoms with Crippen molar-refractivity contribution in [1.29, 1.82) is 0 Å². The first-order valence-corrected chi connectivity index (χ1v) is 8.86. The molecule has 2 heterocycles. The van der Waals surface area contributed by atoms with Crippen LogP contribution in [0.4, 0.5) is 0 Å². The molecule has 0 saturated heterocycles. The van der Waals surface area contributed by atoms with Crippen molar-refractivity contribution in [3.05, 3.63) is 57.4 Å². The van der Waals surface area contributed by atoms with Crippen molar-refractivity contribution >= 4 is 39.1 Å². The Morgan fingerprint density at radius 2 is 2.00 bits per heavy atom. The standard InChI is InChI=1S/C17H15ClN2O4S/c18-12-1-3-13(4-2-12)23-8-9-24-15(21)5-7-20-11-19-16-14(17(20)22)6-10-25-16/h1-4,6,10-11H,5,7-9H2. The number of thiophene rings is 1. The summed E-state index contributed by atoms with van der Waals surface area (Å²) in [4.78, 5) is 28.9. The number of benzene rings is 1. The average molecular weight is 379 g/mol. The molecule has 0 N–H and O–H groups in total. The molecule has 0 amide bonds. The first-order chi connectivity index (χ1) is 12.1. The largest absolute Gasteiger partial charge is 0.490 e. The van der Waals surface area contributed by atoms with Gasteiger partial charge in [0.1, 0.15) is 23.8 Å². The van der Waals surface area contributed by atoms with Crippen LogP contribution in [-0.2, 0) is 16.1 Å². The molecule has 0 bridgehead atoms. The highest BCUT2D eigenvalue weighted by atomic mass is 35.5. The Labute approximate surface area is 152 Å². The van der Waals surface area contributed by atoms with Crippen molar-refractivity contribution in [3.8, 4) is 5.75 Å². The Morgan fingerprint density at radius 3 is 2.80 bits per heavy atom. The maximum absolute atomic E-state index is 12.2. The van der Waals surface area contributed by atoms with E-state index in [-0.39, 0.29) is 31.7 Å². The molecule has 8 heteroatoms. The van der Waals surface area contributed by atoms with Gasteiger partial charge in [-0.15, -0.1) is 11.3 Å². The van der Waals surface area contributed by atoms with Crippen LogP contribution in [0.5, 0.6) is 5.75 Å². The molecule has 130 valence electrons. The van der Waals surface area contributed by atoms with Crippen LogP contribution in [0.25, 0.3) is 10.2 Å². The molecule has 2 aromatic heterocycles. The number of nitrogens with zero attached hydrogens (tertiary/aromatic N) is 2. The Bertz CT molecular complexity index is 920. The molecule has 0 unspecified atom stereocenters. The molecule has 6 nitrogen and oxygen atoms in total. The predicted octanol–water partition coefficient (Wildman–Crippen LogP) is 3.12. The number of hydrogen-bond acceptors (Lipinski definition) is 6. The first-order valence-electron chi connectivity index (χ1n) is 7.60. The lowest BCUT2D eigenvalue weighted by atomic mass is 10.3. The molecule has 0 spiro atoms. The van der Waals surface area contributed by atoms with E-state index >= 15 is 0 Å². The van der Waals surface area contributed by atoms with Crippen molar-refractivity contribution in [3.63, 3.8) is 0 Å². The van der Waals surface area contributed by atoms with Crippen LogP contribution >= 0.6 is 22.9 Å².